The summed E-state index contributed by atoms with van der Waals surface area (Å²) in [5.41, 5.74) is 1.96. The maximum atomic E-state index is 12.7. The number of likely N-dealkylation sites (N-methyl/N-ethyl adjacent to an activating group) is 1. The number of nitrogens with zero attached hydrogens (tertiary/aromatic N) is 2. The molecular formula is C23H29N3O3S. The first kappa shape index (κ1) is 22.2. The van der Waals surface area contributed by atoms with Crippen LogP contribution in [0.1, 0.15) is 24.4 Å². The van der Waals surface area contributed by atoms with Crippen LogP contribution in [-0.2, 0) is 9.59 Å². The van der Waals surface area contributed by atoms with Crippen LogP contribution in [0.15, 0.2) is 53.4 Å². The van der Waals surface area contributed by atoms with Crippen LogP contribution in [0.3, 0.4) is 0 Å². The molecule has 2 amide bonds. The van der Waals surface area contributed by atoms with Crippen LogP contribution in [0.5, 0.6) is 5.75 Å². The predicted octanol–water partition coefficient (Wildman–Crippen LogP) is 3.33. The van der Waals surface area contributed by atoms with E-state index in [1.807, 2.05) is 67.5 Å². The lowest BCUT2D eigenvalue weighted by atomic mass is 10.0. The van der Waals surface area contributed by atoms with E-state index in [-0.39, 0.29) is 30.7 Å². The van der Waals surface area contributed by atoms with Crippen LogP contribution in [0.2, 0.25) is 0 Å². The average molecular weight is 428 g/mol. The fraction of sp³-hybridized carbons (Fsp3) is 0.391. The van der Waals surface area contributed by atoms with E-state index in [9.17, 15) is 9.59 Å². The Kier molecular flexibility index (Phi) is 7.76. The van der Waals surface area contributed by atoms with Gasteiger partial charge in [0.1, 0.15) is 5.75 Å². The molecule has 1 aliphatic heterocycles. The Bertz CT molecular complexity index is 888. The number of nitrogens with one attached hydrogen (secondary N) is 1. The van der Waals surface area contributed by atoms with Gasteiger partial charge < -0.3 is 19.9 Å². The summed E-state index contributed by atoms with van der Waals surface area (Å²) in [7, 11) is 5.59. The number of anilines is 1. The molecule has 160 valence electrons. The first-order valence-electron chi connectivity index (χ1n) is 10.1. The van der Waals surface area contributed by atoms with Gasteiger partial charge in [0.15, 0.2) is 0 Å². The molecule has 1 N–H and O–H groups in total. The zero-order valence-electron chi connectivity index (χ0n) is 17.8. The zero-order valence-corrected chi connectivity index (χ0v) is 18.6. The molecule has 6 nitrogen and oxygen atoms in total. The fourth-order valence-corrected chi connectivity index (χ4v) is 4.59. The molecule has 0 bridgehead atoms. The largest absolute Gasteiger partial charge is 0.496 e. The number of amides is 2. The second kappa shape index (κ2) is 10.5. The average Bonchev–Trinajstić information content (AvgIpc) is 2.77. The third-order valence-electron chi connectivity index (χ3n) is 5.21. The minimum Gasteiger partial charge on any atom is -0.496 e. The Labute approximate surface area is 182 Å². The second-order valence-corrected chi connectivity index (χ2v) is 8.52. The first-order chi connectivity index (χ1) is 14.5. The predicted molar refractivity (Wildman–Crippen MR) is 121 cm³/mol. The Morgan fingerprint density at radius 3 is 2.63 bits per heavy atom. The highest BCUT2D eigenvalue weighted by atomic mass is 32.2. The van der Waals surface area contributed by atoms with Crippen LogP contribution < -0.4 is 15.0 Å². The summed E-state index contributed by atoms with van der Waals surface area (Å²) in [5, 5.41) is 2.98. The van der Waals surface area contributed by atoms with Gasteiger partial charge in [-0.1, -0.05) is 30.3 Å². The van der Waals surface area contributed by atoms with Crippen molar-refractivity contribution in [2.75, 3.05) is 44.9 Å². The van der Waals surface area contributed by atoms with Crippen molar-refractivity contribution < 1.29 is 14.3 Å². The van der Waals surface area contributed by atoms with E-state index in [2.05, 4.69) is 5.32 Å². The third kappa shape index (κ3) is 5.34. The molecule has 1 unspecified atom stereocenters. The van der Waals surface area contributed by atoms with E-state index >= 15 is 0 Å². The number of methoxy groups -OCH3 is 1. The van der Waals surface area contributed by atoms with Gasteiger partial charge in [0.05, 0.1) is 18.8 Å². The van der Waals surface area contributed by atoms with Gasteiger partial charge in [-0.2, -0.15) is 0 Å². The van der Waals surface area contributed by atoms with E-state index in [4.69, 9.17) is 4.74 Å². The van der Waals surface area contributed by atoms with Crippen molar-refractivity contribution in [3.63, 3.8) is 0 Å². The summed E-state index contributed by atoms with van der Waals surface area (Å²) in [6.45, 7) is 1.13. The lowest BCUT2D eigenvalue weighted by Crippen LogP contribution is -2.37. The molecule has 0 radical (unpaired) electrons. The lowest BCUT2D eigenvalue weighted by Gasteiger charge is -2.29. The van der Waals surface area contributed by atoms with Crippen molar-refractivity contribution in [3.05, 3.63) is 54.1 Å². The molecule has 0 fully saturated rings. The fourth-order valence-electron chi connectivity index (χ4n) is 3.60. The molecule has 7 heteroatoms. The number of hydrogen-bond acceptors (Lipinski definition) is 5. The molecule has 2 aromatic rings. The first-order valence-corrected chi connectivity index (χ1v) is 11.1. The Balaban J connectivity index is 1.55. The number of hydrogen-bond donors (Lipinski definition) is 1. The standard InChI is InChI=1S/C23H29N3O3S/c1-25(2)19(17-8-4-6-10-20(17)29-3)16-24-22(27)12-13-23(28)26-14-15-30-21-11-7-5-9-18(21)26/h4-11,19H,12-16H2,1-3H3,(H,24,27). The number of carbonyl (C=O) groups excluding carboxylic acids is 2. The number of rotatable bonds is 8. The van der Waals surface area contributed by atoms with Crippen molar-refractivity contribution in [3.8, 4) is 5.75 Å². The van der Waals surface area contributed by atoms with Gasteiger partial charge in [0, 0.05) is 42.1 Å². The quantitative estimate of drug-likeness (QED) is 0.700. The van der Waals surface area contributed by atoms with Crippen molar-refractivity contribution in [2.24, 2.45) is 0 Å². The Morgan fingerprint density at radius 2 is 1.87 bits per heavy atom. The third-order valence-corrected chi connectivity index (χ3v) is 6.25. The molecular weight excluding hydrogens is 398 g/mol. The Hall–Kier alpha value is -2.51. The maximum Gasteiger partial charge on any atom is 0.227 e. The van der Waals surface area contributed by atoms with Crippen molar-refractivity contribution in [1.82, 2.24) is 10.2 Å². The van der Waals surface area contributed by atoms with Crippen molar-refractivity contribution >= 4 is 29.3 Å². The van der Waals surface area contributed by atoms with Gasteiger partial charge in [-0.3, -0.25) is 9.59 Å². The van der Waals surface area contributed by atoms with E-state index in [1.165, 1.54) is 0 Å². The van der Waals surface area contributed by atoms with Crippen LogP contribution in [-0.4, -0.2) is 56.8 Å². The van der Waals surface area contributed by atoms with Gasteiger partial charge >= 0.3 is 0 Å². The highest BCUT2D eigenvalue weighted by Gasteiger charge is 2.23. The summed E-state index contributed by atoms with van der Waals surface area (Å²) in [5.74, 6) is 1.54. The molecule has 0 spiro atoms. The molecule has 1 atom stereocenters. The number of benzene rings is 2. The molecule has 0 saturated heterocycles. The van der Waals surface area contributed by atoms with Gasteiger partial charge in [0.2, 0.25) is 11.8 Å². The smallest absolute Gasteiger partial charge is 0.227 e. The molecule has 0 aromatic heterocycles. The number of fused-ring (bicyclic) bond motifs is 1. The topological polar surface area (TPSA) is 61.9 Å². The summed E-state index contributed by atoms with van der Waals surface area (Å²) < 4.78 is 5.47. The molecule has 1 aliphatic rings. The number of thioether (sulfide) groups is 1. The maximum absolute atomic E-state index is 12.7. The van der Waals surface area contributed by atoms with Crippen molar-refractivity contribution in [1.29, 1.82) is 0 Å². The van der Waals surface area contributed by atoms with E-state index in [1.54, 1.807) is 23.8 Å². The Morgan fingerprint density at radius 1 is 1.13 bits per heavy atom. The summed E-state index contributed by atoms with van der Waals surface area (Å²) in [6, 6.07) is 15.7. The molecule has 1 heterocycles. The van der Waals surface area contributed by atoms with Crippen molar-refractivity contribution in [2.45, 2.75) is 23.8 Å². The van der Waals surface area contributed by atoms with Gasteiger partial charge in [0.25, 0.3) is 0 Å². The minimum absolute atomic E-state index is 0.00760. The van der Waals surface area contributed by atoms with E-state index in [0.29, 0.717) is 13.1 Å². The van der Waals surface area contributed by atoms with Crippen LogP contribution in [0.25, 0.3) is 0 Å². The molecule has 0 saturated carbocycles. The van der Waals surface area contributed by atoms with Crippen LogP contribution in [0, 0.1) is 0 Å². The zero-order chi connectivity index (χ0) is 21.5. The SMILES string of the molecule is COc1ccccc1C(CNC(=O)CCC(=O)N1CCSc2ccccc21)N(C)C. The molecule has 2 aromatic carbocycles. The summed E-state index contributed by atoms with van der Waals surface area (Å²) in [4.78, 5) is 30.1. The second-order valence-electron chi connectivity index (χ2n) is 7.39. The molecule has 3 rings (SSSR count). The van der Waals surface area contributed by atoms with Crippen LogP contribution >= 0.6 is 11.8 Å². The summed E-state index contributed by atoms with van der Waals surface area (Å²) >= 11 is 1.76. The van der Waals surface area contributed by atoms with Gasteiger partial charge in [-0.25, -0.2) is 0 Å². The normalized spacial score (nSPS) is 14.2. The van der Waals surface area contributed by atoms with Gasteiger partial charge in [-0.15, -0.1) is 11.8 Å². The number of ether oxygens (including phenoxy) is 1. The number of para-hydroxylation sites is 2. The monoisotopic (exact) mass is 427 g/mol. The highest BCUT2D eigenvalue weighted by Crippen LogP contribution is 2.34. The number of carbonyl (C=O) groups is 2. The highest BCUT2D eigenvalue weighted by molar-refractivity contribution is 7.99. The lowest BCUT2D eigenvalue weighted by molar-refractivity contribution is -0.125. The minimum atomic E-state index is -0.121. The van der Waals surface area contributed by atoms with Crippen LogP contribution in [0.4, 0.5) is 5.69 Å². The van der Waals surface area contributed by atoms with E-state index in [0.717, 1.165) is 27.6 Å². The molecule has 0 aliphatic carbocycles. The van der Waals surface area contributed by atoms with Gasteiger partial charge in [-0.05, 0) is 32.3 Å². The summed E-state index contributed by atoms with van der Waals surface area (Å²) in [6.07, 6.45) is 0.378. The van der Waals surface area contributed by atoms with E-state index < -0.39 is 0 Å². The molecule has 30 heavy (non-hydrogen) atoms.